The van der Waals surface area contributed by atoms with Gasteiger partial charge in [-0.05, 0) is 24.8 Å². The SMILES string of the molecule is FC(F)(F)c1ccc(OCC2CCN(c3cnccn3)CC2)nc1. The van der Waals surface area contributed by atoms with Crippen LogP contribution in [0.5, 0.6) is 5.88 Å². The second-order valence-corrected chi connectivity index (χ2v) is 5.69. The molecule has 5 nitrogen and oxygen atoms in total. The molecule has 128 valence electrons. The summed E-state index contributed by atoms with van der Waals surface area (Å²) in [4.78, 5) is 14.2. The molecule has 3 heterocycles. The van der Waals surface area contributed by atoms with Crippen molar-refractivity contribution in [1.82, 2.24) is 15.0 Å². The van der Waals surface area contributed by atoms with Crippen LogP contribution in [0.1, 0.15) is 18.4 Å². The lowest BCUT2D eigenvalue weighted by Crippen LogP contribution is -2.36. The first-order valence-electron chi connectivity index (χ1n) is 7.69. The normalized spacial score (nSPS) is 16.2. The zero-order valence-electron chi connectivity index (χ0n) is 12.9. The summed E-state index contributed by atoms with van der Waals surface area (Å²) in [6.07, 6.45) is 3.32. The van der Waals surface area contributed by atoms with Gasteiger partial charge in [0.05, 0.1) is 18.4 Å². The highest BCUT2D eigenvalue weighted by Gasteiger charge is 2.30. The van der Waals surface area contributed by atoms with Gasteiger partial charge in [0, 0.05) is 37.7 Å². The third kappa shape index (κ3) is 4.12. The molecule has 0 N–H and O–H groups in total. The number of pyridine rings is 1. The van der Waals surface area contributed by atoms with Gasteiger partial charge in [-0.15, -0.1) is 0 Å². The zero-order chi connectivity index (χ0) is 17.0. The highest BCUT2D eigenvalue weighted by molar-refractivity contribution is 5.35. The molecule has 1 aliphatic heterocycles. The first kappa shape index (κ1) is 16.5. The molecule has 0 spiro atoms. The Balaban J connectivity index is 1.47. The van der Waals surface area contributed by atoms with E-state index in [2.05, 4.69) is 19.9 Å². The largest absolute Gasteiger partial charge is 0.477 e. The standard InChI is InChI=1S/C16H17F3N4O/c17-16(18,19)13-1-2-15(22-9-13)24-11-12-3-7-23(8-4-12)14-10-20-5-6-21-14/h1-2,5-6,9-10,12H,3-4,7-8,11H2. The summed E-state index contributed by atoms with van der Waals surface area (Å²) < 4.78 is 43.0. The monoisotopic (exact) mass is 338 g/mol. The van der Waals surface area contributed by atoms with E-state index in [0.717, 1.165) is 44.0 Å². The summed E-state index contributed by atoms with van der Waals surface area (Å²) in [5.41, 5.74) is -0.771. The van der Waals surface area contributed by atoms with Crippen LogP contribution in [0.2, 0.25) is 0 Å². The van der Waals surface area contributed by atoms with Gasteiger partial charge in [-0.25, -0.2) is 9.97 Å². The van der Waals surface area contributed by atoms with Gasteiger partial charge in [-0.1, -0.05) is 0 Å². The van der Waals surface area contributed by atoms with Crippen LogP contribution in [-0.4, -0.2) is 34.6 Å². The van der Waals surface area contributed by atoms with Crippen molar-refractivity contribution < 1.29 is 17.9 Å². The Morgan fingerprint density at radius 3 is 2.46 bits per heavy atom. The first-order valence-corrected chi connectivity index (χ1v) is 7.69. The van der Waals surface area contributed by atoms with Crippen LogP contribution < -0.4 is 9.64 Å². The molecule has 2 aromatic heterocycles. The van der Waals surface area contributed by atoms with E-state index in [0.29, 0.717) is 12.5 Å². The third-order valence-electron chi connectivity index (χ3n) is 4.02. The van der Waals surface area contributed by atoms with E-state index in [1.165, 1.54) is 6.07 Å². The topological polar surface area (TPSA) is 51.1 Å². The Bertz CT molecular complexity index is 641. The fourth-order valence-corrected chi connectivity index (χ4v) is 2.62. The quantitative estimate of drug-likeness (QED) is 0.857. The van der Waals surface area contributed by atoms with E-state index in [1.54, 1.807) is 18.6 Å². The molecule has 0 aliphatic carbocycles. The Morgan fingerprint density at radius 2 is 1.88 bits per heavy atom. The van der Waals surface area contributed by atoms with E-state index >= 15 is 0 Å². The smallest absolute Gasteiger partial charge is 0.417 e. The van der Waals surface area contributed by atoms with E-state index in [9.17, 15) is 13.2 Å². The summed E-state index contributed by atoms with van der Waals surface area (Å²) in [6, 6.07) is 2.25. The molecular weight excluding hydrogens is 321 g/mol. The van der Waals surface area contributed by atoms with Crippen LogP contribution in [0.25, 0.3) is 0 Å². The van der Waals surface area contributed by atoms with Crippen molar-refractivity contribution in [3.63, 3.8) is 0 Å². The number of hydrogen-bond donors (Lipinski definition) is 0. The van der Waals surface area contributed by atoms with Crippen molar-refractivity contribution in [2.45, 2.75) is 19.0 Å². The molecule has 0 bridgehead atoms. The molecule has 0 aromatic carbocycles. The lowest BCUT2D eigenvalue weighted by Gasteiger charge is -2.32. The molecule has 0 amide bonds. The Hall–Kier alpha value is -2.38. The fraction of sp³-hybridized carbons (Fsp3) is 0.438. The van der Waals surface area contributed by atoms with E-state index in [-0.39, 0.29) is 5.88 Å². The van der Waals surface area contributed by atoms with Gasteiger partial charge >= 0.3 is 6.18 Å². The molecule has 3 rings (SSSR count). The average molecular weight is 338 g/mol. The van der Waals surface area contributed by atoms with Crippen molar-refractivity contribution in [3.05, 3.63) is 42.5 Å². The van der Waals surface area contributed by atoms with E-state index < -0.39 is 11.7 Å². The molecule has 24 heavy (non-hydrogen) atoms. The maximum atomic E-state index is 12.5. The zero-order valence-corrected chi connectivity index (χ0v) is 12.9. The third-order valence-corrected chi connectivity index (χ3v) is 4.02. The number of rotatable bonds is 4. The van der Waals surface area contributed by atoms with Crippen molar-refractivity contribution >= 4 is 5.82 Å². The summed E-state index contributed by atoms with van der Waals surface area (Å²) in [5.74, 6) is 1.43. The minimum Gasteiger partial charge on any atom is -0.477 e. The molecular formula is C16H17F3N4O. The highest BCUT2D eigenvalue weighted by atomic mass is 19.4. The average Bonchev–Trinajstić information content (AvgIpc) is 2.61. The second kappa shape index (κ2) is 7.02. The van der Waals surface area contributed by atoms with Crippen molar-refractivity contribution in [3.8, 4) is 5.88 Å². The lowest BCUT2D eigenvalue weighted by molar-refractivity contribution is -0.137. The van der Waals surface area contributed by atoms with E-state index in [4.69, 9.17) is 4.74 Å². The van der Waals surface area contributed by atoms with Crippen LogP contribution in [0.4, 0.5) is 19.0 Å². The van der Waals surface area contributed by atoms with Gasteiger partial charge in [0.15, 0.2) is 0 Å². The first-order chi connectivity index (χ1) is 11.5. The molecule has 0 atom stereocenters. The number of hydrogen-bond acceptors (Lipinski definition) is 5. The van der Waals surface area contributed by atoms with Gasteiger partial charge in [0.1, 0.15) is 5.82 Å². The predicted molar refractivity (Wildman–Crippen MR) is 81.7 cm³/mol. The summed E-state index contributed by atoms with van der Waals surface area (Å²) in [6.45, 7) is 2.16. The molecule has 0 radical (unpaired) electrons. The maximum absolute atomic E-state index is 12.5. The molecule has 0 unspecified atom stereocenters. The molecule has 1 aliphatic rings. The summed E-state index contributed by atoms with van der Waals surface area (Å²) in [5, 5.41) is 0. The Labute approximate surface area is 137 Å². The van der Waals surface area contributed by atoms with Gasteiger partial charge < -0.3 is 9.64 Å². The summed E-state index contributed by atoms with van der Waals surface area (Å²) >= 11 is 0. The Kier molecular flexibility index (Phi) is 4.82. The van der Waals surface area contributed by atoms with Crippen LogP contribution in [0.15, 0.2) is 36.9 Å². The number of halogens is 3. The number of nitrogens with zero attached hydrogens (tertiary/aromatic N) is 4. The van der Waals surface area contributed by atoms with Crippen molar-refractivity contribution in [1.29, 1.82) is 0 Å². The number of piperidine rings is 1. The van der Waals surface area contributed by atoms with Crippen molar-refractivity contribution in [2.24, 2.45) is 5.92 Å². The van der Waals surface area contributed by atoms with Gasteiger partial charge in [0.25, 0.3) is 0 Å². The number of ether oxygens (including phenoxy) is 1. The van der Waals surface area contributed by atoms with Crippen LogP contribution in [0.3, 0.4) is 0 Å². The lowest BCUT2D eigenvalue weighted by atomic mass is 9.98. The van der Waals surface area contributed by atoms with Crippen LogP contribution in [0, 0.1) is 5.92 Å². The number of alkyl halides is 3. The number of aromatic nitrogens is 3. The maximum Gasteiger partial charge on any atom is 0.417 e. The number of anilines is 1. The van der Waals surface area contributed by atoms with Gasteiger partial charge in [0.2, 0.25) is 5.88 Å². The highest BCUT2D eigenvalue weighted by Crippen LogP contribution is 2.29. The van der Waals surface area contributed by atoms with Crippen molar-refractivity contribution in [2.75, 3.05) is 24.6 Å². The molecule has 0 saturated carbocycles. The van der Waals surface area contributed by atoms with Gasteiger partial charge in [-0.3, -0.25) is 4.98 Å². The molecule has 1 saturated heterocycles. The molecule has 8 heteroatoms. The second-order valence-electron chi connectivity index (χ2n) is 5.69. The molecule has 1 fully saturated rings. The fourth-order valence-electron chi connectivity index (χ4n) is 2.62. The van der Waals surface area contributed by atoms with E-state index in [1.807, 2.05) is 0 Å². The minimum atomic E-state index is -4.38. The minimum absolute atomic E-state index is 0.222. The molecule has 2 aromatic rings. The van der Waals surface area contributed by atoms with Crippen LogP contribution >= 0.6 is 0 Å². The Morgan fingerprint density at radius 1 is 1.08 bits per heavy atom. The predicted octanol–water partition coefficient (Wildman–Crippen LogP) is 3.19. The van der Waals surface area contributed by atoms with Gasteiger partial charge in [-0.2, -0.15) is 13.2 Å². The van der Waals surface area contributed by atoms with Crippen LogP contribution in [-0.2, 0) is 6.18 Å². The summed E-state index contributed by atoms with van der Waals surface area (Å²) in [7, 11) is 0.